The zero-order valence-corrected chi connectivity index (χ0v) is 14.3. The van der Waals surface area contributed by atoms with Crippen molar-refractivity contribution in [2.24, 2.45) is 14.1 Å². The van der Waals surface area contributed by atoms with Gasteiger partial charge < -0.3 is 4.57 Å². The van der Waals surface area contributed by atoms with Gasteiger partial charge in [0.1, 0.15) is 5.82 Å². The number of nitrogens with one attached hydrogen (secondary N) is 1. The highest BCUT2D eigenvalue weighted by molar-refractivity contribution is 5.70. The van der Waals surface area contributed by atoms with Crippen LogP contribution in [0.3, 0.4) is 0 Å². The minimum Gasteiger partial charge on any atom is -0.324 e. The number of likely N-dealkylation sites (tertiary alicyclic amines) is 1. The predicted octanol–water partition coefficient (Wildman–Crippen LogP) is -0.179. The maximum Gasteiger partial charge on any atom is 0.329 e. The van der Waals surface area contributed by atoms with E-state index in [-0.39, 0.29) is 0 Å². The number of aromatic amines is 1. The Labute approximate surface area is 143 Å². The van der Waals surface area contributed by atoms with Gasteiger partial charge in [0.25, 0.3) is 5.56 Å². The molecule has 1 N–H and O–H groups in total. The van der Waals surface area contributed by atoms with Gasteiger partial charge in [-0.3, -0.25) is 23.9 Å². The molecule has 0 radical (unpaired) electrons. The molecule has 3 aromatic heterocycles. The van der Waals surface area contributed by atoms with Crippen molar-refractivity contribution >= 4 is 11.2 Å². The first-order chi connectivity index (χ1) is 12.0. The lowest BCUT2D eigenvalue weighted by molar-refractivity contribution is 0.212. The zero-order chi connectivity index (χ0) is 17.6. The van der Waals surface area contributed by atoms with Crippen LogP contribution in [0.25, 0.3) is 11.2 Å². The maximum absolute atomic E-state index is 12.1. The quantitative estimate of drug-likeness (QED) is 0.709. The minimum atomic E-state index is -0.445. The molecule has 1 fully saturated rings. The molecule has 0 unspecified atom stereocenters. The predicted molar refractivity (Wildman–Crippen MR) is 92.2 cm³/mol. The van der Waals surface area contributed by atoms with Gasteiger partial charge in [0.2, 0.25) is 0 Å². The molecular formula is C16H21N7O2. The summed E-state index contributed by atoms with van der Waals surface area (Å²) in [7, 11) is 3.44. The number of nitrogens with zero attached hydrogens (tertiary/aromatic N) is 6. The van der Waals surface area contributed by atoms with E-state index < -0.39 is 11.2 Å². The lowest BCUT2D eigenvalue weighted by Gasteiger charge is -2.24. The Morgan fingerprint density at radius 3 is 2.88 bits per heavy atom. The third-order valence-electron chi connectivity index (χ3n) is 5.03. The van der Waals surface area contributed by atoms with E-state index in [1.807, 2.05) is 24.0 Å². The highest BCUT2D eigenvalue weighted by Gasteiger charge is 2.27. The smallest absolute Gasteiger partial charge is 0.324 e. The summed E-state index contributed by atoms with van der Waals surface area (Å²) in [5.74, 6) is 0.786. The molecule has 0 saturated carbocycles. The van der Waals surface area contributed by atoms with Crippen molar-refractivity contribution < 1.29 is 0 Å². The van der Waals surface area contributed by atoms with Crippen LogP contribution in [-0.2, 0) is 27.2 Å². The lowest BCUT2D eigenvalue weighted by Crippen LogP contribution is -2.33. The van der Waals surface area contributed by atoms with Crippen molar-refractivity contribution in [1.82, 2.24) is 33.8 Å². The van der Waals surface area contributed by atoms with Crippen LogP contribution in [-0.4, -0.2) is 46.4 Å². The standard InChI is InChI=1S/C16H21N7O2/c1-20-12(18-14-13(20)15(24)19-16(25)21(14)2)10-22-7-3-5-11(22)9-23-8-4-6-17-23/h4,6,8,11H,3,5,7,9-10H2,1-2H3,(H,19,24,25)/t11-/m1/s1. The van der Waals surface area contributed by atoms with E-state index >= 15 is 0 Å². The van der Waals surface area contributed by atoms with Crippen molar-refractivity contribution in [2.45, 2.75) is 32.0 Å². The molecule has 3 aromatic rings. The molecule has 0 aliphatic carbocycles. The molecule has 1 aliphatic heterocycles. The molecule has 132 valence electrons. The van der Waals surface area contributed by atoms with Gasteiger partial charge in [-0.2, -0.15) is 5.10 Å². The number of rotatable bonds is 4. The number of aromatic nitrogens is 6. The summed E-state index contributed by atoms with van der Waals surface area (Å²) in [5, 5.41) is 4.29. The Kier molecular flexibility index (Phi) is 3.79. The average molecular weight is 343 g/mol. The second kappa shape index (κ2) is 5.99. The summed E-state index contributed by atoms with van der Waals surface area (Å²) in [6.45, 7) is 2.48. The highest BCUT2D eigenvalue weighted by atomic mass is 16.2. The van der Waals surface area contributed by atoms with Crippen LogP contribution in [0.2, 0.25) is 0 Å². The first-order valence-electron chi connectivity index (χ1n) is 8.40. The van der Waals surface area contributed by atoms with Crippen LogP contribution in [0.15, 0.2) is 28.0 Å². The van der Waals surface area contributed by atoms with Crippen LogP contribution in [0.4, 0.5) is 0 Å². The number of H-pyrrole nitrogens is 1. The van der Waals surface area contributed by atoms with E-state index in [1.54, 1.807) is 17.8 Å². The van der Waals surface area contributed by atoms with E-state index in [4.69, 9.17) is 0 Å². The number of hydrogen-bond acceptors (Lipinski definition) is 5. The van der Waals surface area contributed by atoms with E-state index in [0.717, 1.165) is 31.8 Å². The summed E-state index contributed by atoms with van der Waals surface area (Å²) >= 11 is 0. The third kappa shape index (κ3) is 2.70. The van der Waals surface area contributed by atoms with E-state index in [2.05, 4.69) is 20.0 Å². The Bertz CT molecular complexity index is 1010. The maximum atomic E-state index is 12.1. The van der Waals surface area contributed by atoms with Gasteiger partial charge in [0.05, 0.1) is 13.1 Å². The molecule has 0 bridgehead atoms. The van der Waals surface area contributed by atoms with Crippen molar-refractivity contribution in [2.75, 3.05) is 6.54 Å². The molecule has 4 rings (SSSR count). The first-order valence-corrected chi connectivity index (χ1v) is 8.40. The normalized spacial score (nSPS) is 18.4. The van der Waals surface area contributed by atoms with Crippen LogP contribution < -0.4 is 11.2 Å². The van der Waals surface area contributed by atoms with Gasteiger partial charge >= 0.3 is 5.69 Å². The molecule has 9 nitrogen and oxygen atoms in total. The van der Waals surface area contributed by atoms with Crippen molar-refractivity contribution in [3.63, 3.8) is 0 Å². The Morgan fingerprint density at radius 1 is 1.28 bits per heavy atom. The SMILES string of the molecule is Cn1c(CN2CCC[C@@H]2Cn2cccn2)nc2c1c(=O)[nH]c(=O)n2C. The number of imidazole rings is 1. The van der Waals surface area contributed by atoms with Gasteiger partial charge in [0.15, 0.2) is 11.2 Å². The van der Waals surface area contributed by atoms with Crippen molar-refractivity contribution in [3.05, 3.63) is 45.1 Å². The summed E-state index contributed by atoms with van der Waals surface area (Å²) in [6.07, 6.45) is 6.01. The van der Waals surface area contributed by atoms with Crippen LogP contribution >= 0.6 is 0 Å². The fraction of sp³-hybridized carbons (Fsp3) is 0.500. The van der Waals surface area contributed by atoms with Gasteiger partial charge in [-0.25, -0.2) is 9.78 Å². The molecule has 1 saturated heterocycles. The van der Waals surface area contributed by atoms with Gasteiger partial charge in [-0.15, -0.1) is 0 Å². The number of fused-ring (bicyclic) bond motifs is 1. The van der Waals surface area contributed by atoms with E-state index in [0.29, 0.717) is 23.8 Å². The molecule has 0 aromatic carbocycles. The fourth-order valence-electron chi connectivity index (χ4n) is 3.61. The largest absolute Gasteiger partial charge is 0.329 e. The molecule has 0 spiro atoms. The Morgan fingerprint density at radius 2 is 2.12 bits per heavy atom. The minimum absolute atomic E-state index is 0.391. The van der Waals surface area contributed by atoms with Crippen LogP contribution in [0.5, 0.6) is 0 Å². The summed E-state index contributed by atoms with van der Waals surface area (Å²) in [4.78, 5) is 33.2. The highest BCUT2D eigenvalue weighted by Crippen LogP contribution is 2.22. The third-order valence-corrected chi connectivity index (χ3v) is 5.03. The first kappa shape index (κ1) is 15.8. The Hall–Kier alpha value is -2.68. The van der Waals surface area contributed by atoms with Gasteiger partial charge in [-0.1, -0.05) is 0 Å². The summed E-state index contributed by atoms with van der Waals surface area (Å²) in [5.41, 5.74) is 0.0164. The van der Waals surface area contributed by atoms with Crippen LogP contribution in [0.1, 0.15) is 18.7 Å². The lowest BCUT2D eigenvalue weighted by atomic mass is 10.2. The van der Waals surface area contributed by atoms with Gasteiger partial charge in [0, 0.05) is 32.5 Å². The van der Waals surface area contributed by atoms with Gasteiger partial charge in [-0.05, 0) is 25.5 Å². The molecular weight excluding hydrogens is 322 g/mol. The second-order valence-electron chi connectivity index (χ2n) is 6.57. The summed E-state index contributed by atoms with van der Waals surface area (Å²) in [6, 6.07) is 2.32. The second-order valence-corrected chi connectivity index (χ2v) is 6.57. The molecule has 25 heavy (non-hydrogen) atoms. The molecule has 1 aliphatic rings. The molecule has 1 atom stereocenters. The molecule has 4 heterocycles. The fourth-order valence-corrected chi connectivity index (χ4v) is 3.61. The molecule has 0 amide bonds. The average Bonchev–Trinajstić information content (AvgIpc) is 3.29. The van der Waals surface area contributed by atoms with E-state index in [1.165, 1.54) is 4.57 Å². The van der Waals surface area contributed by atoms with Crippen LogP contribution in [0, 0.1) is 0 Å². The number of hydrogen-bond donors (Lipinski definition) is 1. The van der Waals surface area contributed by atoms with Crippen molar-refractivity contribution in [3.8, 4) is 0 Å². The topological polar surface area (TPSA) is 93.7 Å². The Balaban J connectivity index is 1.65. The number of aryl methyl sites for hydroxylation is 2. The summed E-state index contributed by atoms with van der Waals surface area (Å²) < 4.78 is 5.12. The monoisotopic (exact) mass is 343 g/mol. The zero-order valence-electron chi connectivity index (χ0n) is 14.3. The van der Waals surface area contributed by atoms with Crippen molar-refractivity contribution in [1.29, 1.82) is 0 Å². The molecule has 9 heteroatoms. The van der Waals surface area contributed by atoms with E-state index in [9.17, 15) is 9.59 Å².